The molecular formula is C14H22N2O3. The fourth-order valence-corrected chi connectivity index (χ4v) is 2.76. The van der Waals surface area contributed by atoms with Crippen LogP contribution in [0.3, 0.4) is 0 Å². The molecule has 0 saturated carbocycles. The molecule has 0 bridgehead atoms. The average molecular weight is 266 g/mol. The summed E-state index contributed by atoms with van der Waals surface area (Å²) in [6.45, 7) is 5.36. The first-order chi connectivity index (χ1) is 9.11. The van der Waals surface area contributed by atoms with Crippen LogP contribution in [0.2, 0.25) is 0 Å². The molecule has 106 valence electrons. The van der Waals surface area contributed by atoms with Gasteiger partial charge in [-0.15, -0.1) is 0 Å². The van der Waals surface area contributed by atoms with Gasteiger partial charge in [0.2, 0.25) is 5.91 Å². The van der Waals surface area contributed by atoms with E-state index in [9.17, 15) is 9.59 Å². The van der Waals surface area contributed by atoms with Gasteiger partial charge >= 0.3 is 5.97 Å². The molecule has 0 spiro atoms. The van der Waals surface area contributed by atoms with Gasteiger partial charge in [-0.05, 0) is 6.42 Å². The molecule has 0 aromatic carbocycles. The Hall–Kier alpha value is -1.36. The number of esters is 1. The van der Waals surface area contributed by atoms with Crippen molar-refractivity contribution in [3.8, 4) is 0 Å². The minimum Gasteiger partial charge on any atom is -0.469 e. The number of rotatable bonds is 4. The van der Waals surface area contributed by atoms with Gasteiger partial charge in [0.25, 0.3) is 0 Å². The molecule has 0 aliphatic carbocycles. The number of carbonyl (C=O) groups excluding carboxylic acids is 2. The Morgan fingerprint density at radius 2 is 2.05 bits per heavy atom. The van der Waals surface area contributed by atoms with E-state index in [-0.39, 0.29) is 24.2 Å². The van der Waals surface area contributed by atoms with Crippen LogP contribution in [0, 0.1) is 5.92 Å². The highest BCUT2D eigenvalue weighted by molar-refractivity contribution is 5.83. The molecular weight excluding hydrogens is 244 g/mol. The molecule has 0 N–H and O–H groups in total. The zero-order chi connectivity index (χ0) is 13.8. The lowest BCUT2D eigenvalue weighted by atomic mass is 10.1. The average Bonchev–Trinajstić information content (AvgIpc) is 3.07. The van der Waals surface area contributed by atoms with E-state index in [1.807, 2.05) is 4.90 Å². The number of hydrogen-bond donors (Lipinski definition) is 0. The highest BCUT2D eigenvalue weighted by Gasteiger charge is 2.32. The topological polar surface area (TPSA) is 49.9 Å². The molecule has 2 rings (SSSR count). The predicted molar refractivity (Wildman–Crippen MR) is 71.5 cm³/mol. The van der Waals surface area contributed by atoms with Gasteiger partial charge in [-0.2, -0.15) is 0 Å². The zero-order valence-corrected chi connectivity index (χ0v) is 11.7. The van der Waals surface area contributed by atoms with Crippen molar-refractivity contribution >= 4 is 11.9 Å². The number of carbonyl (C=O) groups is 2. The standard InChI is InChI=1S/C14H22N2O3/c1-11(9-13(17)19-2)14(18)16-8-5-12(10-16)15-6-3-4-7-15/h3-4,11-12H,5-10H2,1-2H3/t11-,12-/m0/s1. The summed E-state index contributed by atoms with van der Waals surface area (Å²) >= 11 is 0. The van der Waals surface area contributed by atoms with Crippen LogP contribution in [-0.4, -0.2) is 61.0 Å². The van der Waals surface area contributed by atoms with Gasteiger partial charge in [-0.1, -0.05) is 19.1 Å². The van der Waals surface area contributed by atoms with Crippen LogP contribution in [0.1, 0.15) is 19.8 Å². The molecule has 0 radical (unpaired) electrons. The van der Waals surface area contributed by atoms with Gasteiger partial charge in [-0.3, -0.25) is 14.5 Å². The van der Waals surface area contributed by atoms with Gasteiger partial charge in [0.05, 0.1) is 13.5 Å². The largest absolute Gasteiger partial charge is 0.469 e. The van der Waals surface area contributed by atoms with Gasteiger partial charge < -0.3 is 9.64 Å². The molecule has 2 aliphatic rings. The van der Waals surface area contributed by atoms with E-state index in [4.69, 9.17) is 0 Å². The minimum atomic E-state index is -0.319. The lowest BCUT2D eigenvalue weighted by Crippen LogP contribution is -2.39. The number of amides is 1. The van der Waals surface area contributed by atoms with Crippen LogP contribution in [0.4, 0.5) is 0 Å². The van der Waals surface area contributed by atoms with Crippen LogP contribution >= 0.6 is 0 Å². The van der Waals surface area contributed by atoms with Crippen molar-refractivity contribution in [2.45, 2.75) is 25.8 Å². The normalized spacial score (nSPS) is 24.7. The lowest BCUT2D eigenvalue weighted by molar-refractivity contribution is -0.146. The van der Waals surface area contributed by atoms with E-state index in [0.717, 1.165) is 32.6 Å². The fraction of sp³-hybridized carbons (Fsp3) is 0.714. The second-order valence-corrected chi connectivity index (χ2v) is 5.33. The van der Waals surface area contributed by atoms with Crippen LogP contribution in [-0.2, 0) is 14.3 Å². The highest BCUT2D eigenvalue weighted by Crippen LogP contribution is 2.20. The van der Waals surface area contributed by atoms with Crippen LogP contribution in [0.15, 0.2) is 12.2 Å². The van der Waals surface area contributed by atoms with Gasteiger partial charge in [0, 0.05) is 38.1 Å². The molecule has 0 aromatic heterocycles. The monoisotopic (exact) mass is 266 g/mol. The Kier molecular flexibility index (Phi) is 4.58. The third-order valence-electron chi connectivity index (χ3n) is 3.96. The molecule has 1 saturated heterocycles. The Morgan fingerprint density at radius 3 is 2.68 bits per heavy atom. The maximum atomic E-state index is 12.2. The smallest absolute Gasteiger partial charge is 0.306 e. The third-order valence-corrected chi connectivity index (χ3v) is 3.96. The molecule has 5 nitrogen and oxygen atoms in total. The van der Waals surface area contributed by atoms with E-state index < -0.39 is 0 Å². The number of ether oxygens (including phenoxy) is 1. The zero-order valence-electron chi connectivity index (χ0n) is 11.7. The number of hydrogen-bond acceptors (Lipinski definition) is 4. The van der Waals surface area contributed by atoms with Crippen LogP contribution in [0.5, 0.6) is 0 Å². The first-order valence-corrected chi connectivity index (χ1v) is 6.86. The van der Waals surface area contributed by atoms with Crippen molar-refractivity contribution in [3.05, 3.63) is 12.2 Å². The predicted octanol–water partition coefficient (Wildman–Crippen LogP) is 0.658. The van der Waals surface area contributed by atoms with Gasteiger partial charge in [0.1, 0.15) is 0 Å². The number of likely N-dealkylation sites (tertiary alicyclic amines) is 1. The Bertz CT molecular complexity index is 373. The summed E-state index contributed by atoms with van der Waals surface area (Å²) in [5, 5.41) is 0. The molecule has 2 atom stereocenters. The van der Waals surface area contributed by atoms with Crippen molar-refractivity contribution in [2.75, 3.05) is 33.3 Å². The third kappa shape index (κ3) is 3.35. The summed E-state index contributed by atoms with van der Waals surface area (Å²) < 4.78 is 4.61. The first-order valence-electron chi connectivity index (χ1n) is 6.86. The summed E-state index contributed by atoms with van der Waals surface area (Å²) in [5.41, 5.74) is 0. The van der Waals surface area contributed by atoms with Gasteiger partial charge in [-0.25, -0.2) is 0 Å². The maximum absolute atomic E-state index is 12.2. The minimum absolute atomic E-state index is 0.0695. The van der Waals surface area contributed by atoms with E-state index in [1.54, 1.807) is 6.92 Å². The van der Waals surface area contributed by atoms with E-state index in [1.165, 1.54) is 7.11 Å². The van der Waals surface area contributed by atoms with E-state index in [2.05, 4.69) is 21.8 Å². The van der Waals surface area contributed by atoms with Crippen LogP contribution < -0.4 is 0 Å². The molecule has 19 heavy (non-hydrogen) atoms. The molecule has 1 amide bonds. The Morgan fingerprint density at radius 1 is 1.37 bits per heavy atom. The molecule has 2 aliphatic heterocycles. The first kappa shape index (κ1) is 14.1. The maximum Gasteiger partial charge on any atom is 0.306 e. The summed E-state index contributed by atoms with van der Waals surface area (Å²) in [6.07, 6.45) is 5.54. The molecule has 5 heteroatoms. The van der Waals surface area contributed by atoms with Crippen molar-refractivity contribution in [3.63, 3.8) is 0 Å². The van der Waals surface area contributed by atoms with Crippen molar-refractivity contribution < 1.29 is 14.3 Å². The van der Waals surface area contributed by atoms with E-state index in [0.29, 0.717) is 6.04 Å². The summed E-state index contributed by atoms with van der Waals surface area (Å²) in [6, 6.07) is 0.462. The number of methoxy groups -OCH3 is 1. The quantitative estimate of drug-likeness (QED) is 0.554. The number of nitrogens with zero attached hydrogens (tertiary/aromatic N) is 2. The van der Waals surface area contributed by atoms with Crippen LogP contribution in [0.25, 0.3) is 0 Å². The second kappa shape index (κ2) is 6.19. The Balaban J connectivity index is 1.82. The summed E-state index contributed by atoms with van der Waals surface area (Å²) in [5.74, 6) is -0.539. The van der Waals surface area contributed by atoms with Gasteiger partial charge in [0.15, 0.2) is 0 Å². The van der Waals surface area contributed by atoms with Crippen molar-refractivity contribution in [1.29, 1.82) is 0 Å². The molecule has 0 aromatic rings. The molecule has 2 heterocycles. The lowest BCUT2D eigenvalue weighted by Gasteiger charge is -2.24. The fourth-order valence-electron chi connectivity index (χ4n) is 2.76. The second-order valence-electron chi connectivity index (χ2n) is 5.33. The summed E-state index contributed by atoms with van der Waals surface area (Å²) in [7, 11) is 1.35. The SMILES string of the molecule is COC(=O)C[C@H](C)C(=O)N1CC[C@H](N2CC=CC2)C1. The molecule has 0 unspecified atom stereocenters. The highest BCUT2D eigenvalue weighted by atomic mass is 16.5. The van der Waals surface area contributed by atoms with Crippen molar-refractivity contribution in [2.24, 2.45) is 5.92 Å². The van der Waals surface area contributed by atoms with Crippen molar-refractivity contribution in [1.82, 2.24) is 9.80 Å². The molecule has 1 fully saturated rings. The summed E-state index contributed by atoms with van der Waals surface area (Å²) in [4.78, 5) is 27.7. The Labute approximate surface area is 114 Å². The van der Waals surface area contributed by atoms with E-state index >= 15 is 0 Å².